The molecule has 4 rings (SSSR count). The summed E-state index contributed by atoms with van der Waals surface area (Å²) in [6.07, 6.45) is 5.32. The van der Waals surface area contributed by atoms with Gasteiger partial charge in [0.2, 0.25) is 0 Å². The van der Waals surface area contributed by atoms with Gasteiger partial charge in [0.1, 0.15) is 11.7 Å². The Morgan fingerprint density at radius 3 is 3.04 bits per heavy atom. The van der Waals surface area contributed by atoms with Gasteiger partial charge in [0, 0.05) is 30.8 Å². The highest BCUT2D eigenvalue weighted by atomic mass is 16.5. The second-order valence-electron chi connectivity index (χ2n) is 6.11. The fourth-order valence-corrected chi connectivity index (χ4v) is 3.18. The molecule has 24 heavy (non-hydrogen) atoms. The first-order valence-corrected chi connectivity index (χ1v) is 8.10. The monoisotopic (exact) mass is 325 g/mol. The van der Waals surface area contributed by atoms with Gasteiger partial charge in [0.05, 0.1) is 12.2 Å². The molecule has 6 heteroatoms. The van der Waals surface area contributed by atoms with Crippen molar-refractivity contribution in [2.45, 2.75) is 25.0 Å². The summed E-state index contributed by atoms with van der Waals surface area (Å²) in [6, 6.07) is 9.27. The van der Waals surface area contributed by atoms with E-state index in [4.69, 9.17) is 9.15 Å². The molecule has 1 saturated heterocycles. The summed E-state index contributed by atoms with van der Waals surface area (Å²) in [5.74, 6) is 0.113. The molecule has 0 bridgehead atoms. The van der Waals surface area contributed by atoms with E-state index in [-0.39, 0.29) is 18.1 Å². The molecule has 1 fully saturated rings. The van der Waals surface area contributed by atoms with Gasteiger partial charge in [-0.1, -0.05) is 18.2 Å². The van der Waals surface area contributed by atoms with E-state index >= 15 is 0 Å². The highest BCUT2D eigenvalue weighted by molar-refractivity contribution is 5.96. The second-order valence-corrected chi connectivity index (χ2v) is 6.11. The molecular formula is C18H19N3O3. The summed E-state index contributed by atoms with van der Waals surface area (Å²) in [5, 5.41) is 8.18. The Balaban J connectivity index is 1.54. The van der Waals surface area contributed by atoms with Crippen molar-refractivity contribution >= 4 is 16.9 Å². The van der Waals surface area contributed by atoms with Crippen molar-refractivity contribution in [3.8, 4) is 0 Å². The number of nitrogens with zero attached hydrogens (tertiary/aromatic N) is 2. The number of carbonyl (C=O) groups is 1. The van der Waals surface area contributed by atoms with E-state index in [1.165, 1.54) is 0 Å². The Morgan fingerprint density at radius 2 is 2.25 bits per heavy atom. The smallest absolute Gasteiger partial charge is 0.287 e. The van der Waals surface area contributed by atoms with Gasteiger partial charge < -0.3 is 14.5 Å². The number of furan rings is 1. The number of carbonyl (C=O) groups excluding carboxylic acids is 1. The minimum atomic E-state index is -0.212. The van der Waals surface area contributed by atoms with Crippen LogP contribution in [0.5, 0.6) is 0 Å². The number of fused-ring (bicyclic) bond motifs is 1. The van der Waals surface area contributed by atoms with E-state index in [1.807, 2.05) is 37.5 Å². The van der Waals surface area contributed by atoms with E-state index < -0.39 is 0 Å². The first kappa shape index (κ1) is 15.0. The summed E-state index contributed by atoms with van der Waals surface area (Å²) in [5.41, 5.74) is 1.69. The third-order valence-electron chi connectivity index (χ3n) is 4.34. The van der Waals surface area contributed by atoms with E-state index in [9.17, 15) is 4.79 Å². The number of hydrogen-bond acceptors (Lipinski definition) is 4. The predicted octanol–water partition coefficient (Wildman–Crippen LogP) is 2.82. The summed E-state index contributed by atoms with van der Waals surface area (Å²) < 4.78 is 13.3. The number of aryl methyl sites for hydroxylation is 1. The maximum Gasteiger partial charge on any atom is 0.287 e. The molecule has 0 aliphatic carbocycles. The van der Waals surface area contributed by atoms with Crippen LogP contribution in [-0.4, -0.2) is 28.3 Å². The van der Waals surface area contributed by atoms with Gasteiger partial charge in [-0.25, -0.2) is 0 Å². The quantitative estimate of drug-likeness (QED) is 0.804. The molecule has 1 aromatic carbocycles. The summed E-state index contributed by atoms with van der Waals surface area (Å²) in [7, 11) is 1.87. The molecule has 1 amide bonds. The van der Waals surface area contributed by atoms with Gasteiger partial charge >= 0.3 is 0 Å². The average Bonchev–Trinajstić information content (AvgIpc) is 3.21. The van der Waals surface area contributed by atoms with E-state index in [2.05, 4.69) is 10.4 Å². The number of aromatic nitrogens is 2. The molecule has 2 atom stereocenters. The molecular weight excluding hydrogens is 306 g/mol. The fraction of sp³-hybridized carbons (Fsp3) is 0.333. The van der Waals surface area contributed by atoms with E-state index in [0.29, 0.717) is 18.0 Å². The average molecular weight is 325 g/mol. The first-order valence-electron chi connectivity index (χ1n) is 8.10. The van der Waals surface area contributed by atoms with Crippen molar-refractivity contribution in [3.63, 3.8) is 0 Å². The topological polar surface area (TPSA) is 69.3 Å². The van der Waals surface area contributed by atoms with Gasteiger partial charge in [-0.2, -0.15) is 5.10 Å². The molecule has 1 aliphatic rings. The number of nitrogens with one attached hydrogen (secondary N) is 1. The fourth-order valence-electron chi connectivity index (χ4n) is 3.18. The minimum Gasteiger partial charge on any atom is -0.451 e. The molecule has 0 radical (unpaired) electrons. The van der Waals surface area contributed by atoms with Crippen LogP contribution in [-0.2, 0) is 11.8 Å². The highest BCUT2D eigenvalue weighted by Crippen LogP contribution is 2.28. The lowest BCUT2D eigenvalue weighted by molar-refractivity contribution is -0.00974. The molecule has 1 N–H and O–H groups in total. The van der Waals surface area contributed by atoms with Crippen LogP contribution in [0.25, 0.3) is 11.0 Å². The second kappa shape index (κ2) is 6.13. The zero-order valence-corrected chi connectivity index (χ0v) is 13.4. The minimum absolute atomic E-state index is 0.0938. The van der Waals surface area contributed by atoms with Crippen LogP contribution in [0.2, 0.25) is 0 Å². The number of rotatable bonds is 3. The third kappa shape index (κ3) is 2.80. The largest absolute Gasteiger partial charge is 0.451 e. The Morgan fingerprint density at radius 1 is 1.38 bits per heavy atom. The Bertz CT molecular complexity index is 834. The summed E-state index contributed by atoms with van der Waals surface area (Å²) in [4.78, 5) is 12.6. The standard InChI is InChI=1S/C18H19N3O3/c1-21-11-13(10-19-21)17-14(6-4-8-23-17)20-18(22)16-9-12-5-2-3-7-15(12)24-16/h2-3,5,7,9-11,14,17H,4,6,8H2,1H3,(H,20,22)/t14-,17+/m0/s1. The third-order valence-corrected chi connectivity index (χ3v) is 4.34. The van der Waals surface area contributed by atoms with Crippen molar-refractivity contribution in [2.75, 3.05) is 6.61 Å². The number of hydrogen-bond donors (Lipinski definition) is 1. The van der Waals surface area contributed by atoms with Crippen LogP contribution < -0.4 is 5.32 Å². The number of ether oxygens (including phenoxy) is 1. The van der Waals surface area contributed by atoms with E-state index in [0.717, 1.165) is 23.8 Å². The van der Waals surface area contributed by atoms with Crippen LogP contribution >= 0.6 is 0 Å². The van der Waals surface area contributed by atoms with Crippen molar-refractivity contribution < 1.29 is 13.9 Å². The Labute approximate surface area is 139 Å². The predicted molar refractivity (Wildman–Crippen MR) is 88.6 cm³/mol. The van der Waals surface area contributed by atoms with Gasteiger partial charge in [0.25, 0.3) is 5.91 Å². The zero-order chi connectivity index (χ0) is 16.5. The lowest BCUT2D eigenvalue weighted by atomic mass is 9.98. The normalized spacial score (nSPS) is 21.0. The van der Waals surface area contributed by atoms with Crippen molar-refractivity contribution in [3.05, 3.63) is 54.0 Å². The van der Waals surface area contributed by atoms with Crippen molar-refractivity contribution in [2.24, 2.45) is 7.05 Å². The summed E-state index contributed by atoms with van der Waals surface area (Å²) in [6.45, 7) is 0.691. The zero-order valence-electron chi connectivity index (χ0n) is 13.4. The van der Waals surface area contributed by atoms with Gasteiger partial charge in [-0.05, 0) is 25.0 Å². The number of para-hydroxylation sites is 1. The molecule has 0 spiro atoms. The Kier molecular flexibility index (Phi) is 3.82. The van der Waals surface area contributed by atoms with Gasteiger partial charge in [-0.15, -0.1) is 0 Å². The van der Waals surface area contributed by atoms with Crippen LogP contribution in [0.3, 0.4) is 0 Å². The lowest BCUT2D eigenvalue weighted by Gasteiger charge is -2.31. The lowest BCUT2D eigenvalue weighted by Crippen LogP contribution is -2.42. The van der Waals surface area contributed by atoms with E-state index in [1.54, 1.807) is 16.9 Å². The maximum absolute atomic E-state index is 12.6. The van der Waals surface area contributed by atoms with Crippen LogP contribution in [0.15, 0.2) is 47.1 Å². The maximum atomic E-state index is 12.6. The van der Waals surface area contributed by atoms with Crippen molar-refractivity contribution in [1.29, 1.82) is 0 Å². The molecule has 2 aromatic heterocycles. The highest BCUT2D eigenvalue weighted by Gasteiger charge is 2.30. The molecule has 0 unspecified atom stereocenters. The molecule has 6 nitrogen and oxygen atoms in total. The SMILES string of the molecule is Cn1cc([C@H]2OCCC[C@@H]2NC(=O)c2cc3ccccc3o2)cn1. The van der Waals surface area contributed by atoms with Crippen LogP contribution in [0.4, 0.5) is 0 Å². The number of amides is 1. The molecule has 124 valence electrons. The molecule has 3 heterocycles. The Hall–Kier alpha value is -2.60. The molecule has 3 aromatic rings. The van der Waals surface area contributed by atoms with Crippen molar-refractivity contribution in [1.82, 2.24) is 15.1 Å². The van der Waals surface area contributed by atoms with Gasteiger partial charge in [-0.3, -0.25) is 9.48 Å². The van der Waals surface area contributed by atoms with Gasteiger partial charge in [0.15, 0.2) is 5.76 Å². The molecule has 1 aliphatic heterocycles. The summed E-state index contributed by atoms with van der Waals surface area (Å²) >= 11 is 0. The molecule has 0 saturated carbocycles. The number of benzene rings is 1. The first-order chi connectivity index (χ1) is 11.7. The van der Waals surface area contributed by atoms with Crippen LogP contribution in [0.1, 0.15) is 35.1 Å². The van der Waals surface area contributed by atoms with Crippen LogP contribution in [0, 0.1) is 0 Å².